The molecule has 3 aromatic heterocycles. The van der Waals surface area contributed by atoms with E-state index in [4.69, 9.17) is 9.47 Å². The van der Waals surface area contributed by atoms with Crippen LogP contribution in [0.2, 0.25) is 0 Å². The van der Waals surface area contributed by atoms with Gasteiger partial charge in [-0.3, -0.25) is 4.79 Å². The van der Waals surface area contributed by atoms with Crippen molar-refractivity contribution in [1.29, 1.82) is 0 Å². The molecule has 0 spiro atoms. The minimum atomic E-state index is -0.508. The van der Waals surface area contributed by atoms with Gasteiger partial charge in [0.25, 0.3) is 5.56 Å². The molecule has 1 aromatic carbocycles. The third-order valence-electron chi connectivity index (χ3n) is 5.12. The standard InChI is InChI=1S/C21H20N4O4/c1-12-18(21(27)29-4)19-22-11-16-17(25(19)23-12)9-10-24(20(16)26)13(2)14-5-7-15(28-3)8-6-14/h5-11,13H,1-4H3. The number of aromatic nitrogens is 4. The van der Waals surface area contributed by atoms with Crippen molar-refractivity contribution in [2.45, 2.75) is 19.9 Å². The van der Waals surface area contributed by atoms with Crippen molar-refractivity contribution in [3.8, 4) is 5.75 Å². The molecule has 29 heavy (non-hydrogen) atoms. The van der Waals surface area contributed by atoms with Crippen LogP contribution in [0.3, 0.4) is 0 Å². The zero-order valence-corrected chi connectivity index (χ0v) is 16.5. The largest absolute Gasteiger partial charge is 0.497 e. The van der Waals surface area contributed by atoms with Gasteiger partial charge in [0.1, 0.15) is 11.3 Å². The Kier molecular flexibility index (Phi) is 4.54. The molecule has 0 saturated carbocycles. The summed E-state index contributed by atoms with van der Waals surface area (Å²) in [5, 5.41) is 4.81. The van der Waals surface area contributed by atoms with Crippen molar-refractivity contribution < 1.29 is 14.3 Å². The van der Waals surface area contributed by atoms with Gasteiger partial charge in [0, 0.05) is 12.4 Å². The summed E-state index contributed by atoms with van der Waals surface area (Å²) in [5.74, 6) is 0.250. The highest BCUT2D eigenvalue weighted by Gasteiger charge is 2.21. The summed E-state index contributed by atoms with van der Waals surface area (Å²) >= 11 is 0. The number of hydrogen-bond acceptors (Lipinski definition) is 6. The Hall–Kier alpha value is -3.68. The van der Waals surface area contributed by atoms with Gasteiger partial charge in [0.05, 0.1) is 36.9 Å². The molecule has 8 heteroatoms. The van der Waals surface area contributed by atoms with Crippen LogP contribution in [0.25, 0.3) is 16.6 Å². The van der Waals surface area contributed by atoms with Gasteiger partial charge in [-0.25, -0.2) is 14.3 Å². The quantitative estimate of drug-likeness (QED) is 0.496. The molecule has 0 N–H and O–H groups in total. The monoisotopic (exact) mass is 392 g/mol. The third-order valence-corrected chi connectivity index (χ3v) is 5.12. The molecule has 0 amide bonds. The summed E-state index contributed by atoms with van der Waals surface area (Å²) in [7, 11) is 2.92. The van der Waals surface area contributed by atoms with Gasteiger partial charge in [0.15, 0.2) is 5.65 Å². The number of benzene rings is 1. The van der Waals surface area contributed by atoms with Crippen LogP contribution in [0, 0.1) is 6.92 Å². The number of hydrogen-bond donors (Lipinski definition) is 0. The SMILES string of the molecule is COC(=O)c1c(C)nn2c1ncc1c(=O)n(C(C)c3ccc(OC)cc3)ccc12. The highest BCUT2D eigenvalue weighted by molar-refractivity contribution is 5.98. The number of esters is 1. The van der Waals surface area contributed by atoms with Crippen molar-refractivity contribution in [1.82, 2.24) is 19.2 Å². The number of ether oxygens (including phenoxy) is 2. The lowest BCUT2D eigenvalue weighted by molar-refractivity contribution is 0.0602. The van der Waals surface area contributed by atoms with Gasteiger partial charge >= 0.3 is 5.97 Å². The Morgan fingerprint density at radius 3 is 2.52 bits per heavy atom. The molecule has 0 radical (unpaired) electrons. The maximum Gasteiger partial charge on any atom is 0.343 e. The summed E-state index contributed by atoms with van der Waals surface area (Å²) in [6.45, 7) is 3.66. The van der Waals surface area contributed by atoms with E-state index in [1.807, 2.05) is 31.2 Å². The minimum absolute atomic E-state index is 0.182. The summed E-state index contributed by atoms with van der Waals surface area (Å²) in [6, 6.07) is 9.22. The van der Waals surface area contributed by atoms with E-state index in [0.29, 0.717) is 27.8 Å². The third kappa shape index (κ3) is 2.93. The molecule has 3 heterocycles. The number of carbonyl (C=O) groups is 1. The average molecular weight is 392 g/mol. The smallest absolute Gasteiger partial charge is 0.343 e. The lowest BCUT2D eigenvalue weighted by Gasteiger charge is -2.16. The van der Waals surface area contributed by atoms with Crippen LogP contribution in [0.15, 0.2) is 47.5 Å². The van der Waals surface area contributed by atoms with Crippen LogP contribution in [0.4, 0.5) is 0 Å². The van der Waals surface area contributed by atoms with Gasteiger partial charge < -0.3 is 14.0 Å². The topological polar surface area (TPSA) is 87.7 Å². The minimum Gasteiger partial charge on any atom is -0.497 e. The van der Waals surface area contributed by atoms with E-state index in [9.17, 15) is 9.59 Å². The number of fused-ring (bicyclic) bond motifs is 3. The Labute approximate surface area is 166 Å². The predicted molar refractivity (Wildman–Crippen MR) is 108 cm³/mol. The zero-order chi connectivity index (χ0) is 20.7. The molecule has 0 aliphatic carbocycles. The molecule has 0 aliphatic heterocycles. The van der Waals surface area contributed by atoms with E-state index in [0.717, 1.165) is 11.3 Å². The molecular formula is C21H20N4O4. The zero-order valence-electron chi connectivity index (χ0n) is 16.5. The molecule has 0 fully saturated rings. The number of carbonyl (C=O) groups excluding carboxylic acids is 1. The van der Waals surface area contributed by atoms with Crippen LogP contribution in [-0.4, -0.2) is 39.4 Å². The van der Waals surface area contributed by atoms with Crippen molar-refractivity contribution in [2.24, 2.45) is 0 Å². The fourth-order valence-corrected chi connectivity index (χ4v) is 3.48. The second-order valence-electron chi connectivity index (χ2n) is 6.72. The summed E-state index contributed by atoms with van der Waals surface area (Å²) in [4.78, 5) is 29.6. The lowest BCUT2D eigenvalue weighted by atomic mass is 10.1. The molecule has 0 saturated heterocycles. The van der Waals surface area contributed by atoms with Gasteiger partial charge in [-0.15, -0.1) is 0 Å². The van der Waals surface area contributed by atoms with Crippen molar-refractivity contribution in [3.05, 3.63) is 69.9 Å². The van der Waals surface area contributed by atoms with Crippen molar-refractivity contribution in [3.63, 3.8) is 0 Å². The average Bonchev–Trinajstić information content (AvgIpc) is 3.09. The van der Waals surface area contributed by atoms with E-state index < -0.39 is 5.97 Å². The highest BCUT2D eigenvalue weighted by Crippen LogP contribution is 2.22. The summed E-state index contributed by atoms with van der Waals surface area (Å²) in [5.41, 5.74) is 2.52. The molecule has 4 rings (SSSR count). The molecule has 148 valence electrons. The summed E-state index contributed by atoms with van der Waals surface area (Å²) < 4.78 is 13.2. The number of nitrogens with zero attached hydrogens (tertiary/aromatic N) is 4. The first-order chi connectivity index (χ1) is 14.0. The van der Waals surface area contributed by atoms with Crippen LogP contribution in [0.5, 0.6) is 5.75 Å². The Balaban J connectivity index is 1.86. The van der Waals surface area contributed by atoms with Crippen molar-refractivity contribution >= 4 is 22.5 Å². The molecule has 4 aromatic rings. The van der Waals surface area contributed by atoms with E-state index in [1.54, 1.807) is 30.9 Å². The van der Waals surface area contributed by atoms with E-state index in [1.165, 1.54) is 17.8 Å². The van der Waals surface area contributed by atoms with Crippen LogP contribution in [0.1, 0.15) is 34.6 Å². The van der Waals surface area contributed by atoms with Gasteiger partial charge in [-0.1, -0.05) is 12.1 Å². The Morgan fingerprint density at radius 2 is 1.86 bits per heavy atom. The molecule has 1 unspecified atom stereocenters. The number of aryl methyl sites for hydroxylation is 1. The molecular weight excluding hydrogens is 372 g/mol. The van der Waals surface area contributed by atoms with Crippen LogP contribution in [-0.2, 0) is 4.74 Å². The maximum atomic E-state index is 13.2. The molecule has 0 aliphatic rings. The molecule has 8 nitrogen and oxygen atoms in total. The Bertz CT molecular complexity index is 1290. The number of rotatable bonds is 4. The second kappa shape index (κ2) is 7.05. The first kappa shape index (κ1) is 18.7. The lowest BCUT2D eigenvalue weighted by Crippen LogP contribution is -2.24. The first-order valence-electron chi connectivity index (χ1n) is 9.07. The number of methoxy groups -OCH3 is 2. The van der Waals surface area contributed by atoms with E-state index >= 15 is 0 Å². The fourth-order valence-electron chi connectivity index (χ4n) is 3.48. The normalized spacial score (nSPS) is 12.3. The summed E-state index contributed by atoms with van der Waals surface area (Å²) in [6.07, 6.45) is 3.21. The van der Waals surface area contributed by atoms with Gasteiger partial charge in [-0.2, -0.15) is 5.10 Å². The van der Waals surface area contributed by atoms with E-state index in [-0.39, 0.29) is 11.6 Å². The van der Waals surface area contributed by atoms with E-state index in [2.05, 4.69) is 10.1 Å². The predicted octanol–water partition coefficient (Wildman–Crippen LogP) is 2.76. The first-order valence-corrected chi connectivity index (χ1v) is 9.07. The number of pyridine rings is 1. The Morgan fingerprint density at radius 1 is 1.14 bits per heavy atom. The highest BCUT2D eigenvalue weighted by atomic mass is 16.5. The second-order valence-corrected chi connectivity index (χ2v) is 6.72. The van der Waals surface area contributed by atoms with Crippen LogP contribution >= 0.6 is 0 Å². The fraction of sp³-hybridized carbons (Fsp3) is 0.238. The van der Waals surface area contributed by atoms with Gasteiger partial charge in [0.2, 0.25) is 0 Å². The van der Waals surface area contributed by atoms with Crippen LogP contribution < -0.4 is 10.3 Å². The molecule has 0 bridgehead atoms. The van der Waals surface area contributed by atoms with Crippen molar-refractivity contribution in [2.75, 3.05) is 14.2 Å². The van der Waals surface area contributed by atoms with Gasteiger partial charge in [-0.05, 0) is 37.6 Å². The molecule has 1 atom stereocenters. The maximum absolute atomic E-state index is 13.2.